The smallest absolute Gasteiger partial charge is 0.0897 e. The molecule has 1 aliphatic rings. The average Bonchev–Trinajstić information content (AvgIpc) is 3.08. The van der Waals surface area contributed by atoms with E-state index >= 15 is 0 Å². The van der Waals surface area contributed by atoms with Crippen LogP contribution in [0.25, 0.3) is 0 Å². The highest BCUT2D eigenvalue weighted by molar-refractivity contribution is 7.09. The van der Waals surface area contributed by atoms with Crippen molar-refractivity contribution in [1.82, 2.24) is 14.9 Å². The molecule has 1 fully saturated rings. The number of hydrogen-bond donors (Lipinski definition) is 1. The third-order valence-corrected chi connectivity index (χ3v) is 4.83. The normalized spacial score (nSPS) is 19.1. The van der Waals surface area contributed by atoms with E-state index in [2.05, 4.69) is 46.6 Å². The zero-order chi connectivity index (χ0) is 14.8. The largest absolute Gasteiger partial charge is 0.388 e. The van der Waals surface area contributed by atoms with Crippen molar-refractivity contribution >= 4 is 17.0 Å². The molecular formula is C16H22N4S. The number of thiazole rings is 1. The standard InChI is InChI=1S/C16H22N4S/c1-11-6-14(17-3)7-16(18-11)13-4-5-20(8-13)9-15-10-21-12(2)19-15/h6-7,10,13H,4-5,8-9H2,1-3H3,(H,17,18)/t13-/m0/s1. The van der Waals surface area contributed by atoms with Crippen molar-refractivity contribution in [3.63, 3.8) is 0 Å². The molecule has 2 aromatic rings. The molecule has 112 valence electrons. The van der Waals surface area contributed by atoms with Crippen molar-refractivity contribution in [2.45, 2.75) is 32.7 Å². The maximum atomic E-state index is 4.73. The molecule has 1 N–H and O–H groups in total. The summed E-state index contributed by atoms with van der Waals surface area (Å²) in [6.45, 7) is 7.31. The minimum atomic E-state index is 0.539. The van der Waals surface area contributed by atoms with Crippen LogP contribution in [0.5, 0.6) is 0 Å². The molecule has 0 unspecified atom stereocenters. The van der Waals surface area contributed by atoms with Crippen molar-refractivity contribution in [3.05, 3.63) is 39.6 Å². The van der Waals surface area contributed by atoms with Crippen LogP contribution in [0.3, 0.4) is 0 Å². The molecule has 3 heterocycles. The van der Waals surface area contributed by atoms with Crippen LogP contribution in [0.15, 0.2) is 17.5 Å². The Kier molecular flexibility index (Phi) is 4.22. The van der Waals surface area contributed by atoms with E-state index in [0.29, 0.717) is 5.92 Å². The molecular weight excluding hydrogens is 280 g/mol. The molecule has 2 aromatic heterocycles. The molecule has 0 aliphatic carbocycles. The lowest BCUT2D eigenvalue weighted by Gasteiger charge is -2.15. The van der Waals surface area contributed by atoms with Crippen LogP contribution in [-0.2, 0) is 6.54 Å². The number of aryl methyl sites for hydroxylation is 2. The quantitative estimate of drug-likeness (QED) is 0.942. The first-order valence-electron chi connectivity index (χ1n) is 7.44. The summed E-state index contributed by atoms with van der Waals surface area (Å²) in [5.74, 6) is 0.539. The molecule has 4 nitrogen and oxygen atoms in total. The van der Waals surface area contributed by atoms with Crippen LogP contribution in [0.4, 0.5) is 5.69 Å². The zero-order valence-corrected chi connectivity index (χ0v) is 13.7. The monoisotopic (exact) mass is 302 g/mol. The molecule has 5 heteroatoms. The van der Waals surface area contributed by atoms with Crippen LogP contribution in [0, 0.1) is 13.8 Å². The second-order valence-corrected chi connectivity index (χ2v) is 6.81. The lowest BCUT2D eigenvalue weighted by atomic mass is 10.0. The van der Waals surface area contributed by atoms with E-state index < -0.39 is 0 Å². The van der Waals surface area contributed by atoms with Gasteiger partial charge in [-0.05, 0) is 38.9 Å². The van der Waals surface area contributed by atoms with E-state index in [-0.39, 0.29) is 0 Å². The molecule has 1 atom stereocenters. The number of nitrogens with zero attached hydrogens (tertiary/aromatic N) is 3. The van der Waals surface area contributed by atoms with Gasteiger partial charge in [-0.1, -0.05) is 0 Å². The molecule has 0 aromatic carbocycles. The minimum absolute atomic E-state index is 0.539. The third-order valence-electron chi connectivity index (χ3n) is 4.00. The maximum absolute atomic E-state index is 4.73. The Balaban J connectivity index is 1.67. The van der Waals surface area contributed by atoms with Crippen molar-refractivity contribution in [2.24, 2.45) is 0 Å². The molecule has 0 bridgehead atoms. The van der Waals surface area contributed by atoms with E-state index in [9.17, 15) is 0 Å². The van der Waals surface area contributed by atoms with Gasteiger partial charge in [0, 0.05) is 48.5 Å². The highest BCUT2D eigenvalue weighted by atomic mass is 32.1. The van der Waals surface area contributed by atoms with Gasteiger partial charge in [0.15, 0.2) is 0 Å². The lowest BCUT2D eigenvalue weighted by Crippen LogP contribution is -2.20. The SMILES string of the molecule is CNc1cc(C)nc([C@H]2CCN(Cc3csc(C)n3)C2)c1. The Morgan fingerprint density at radius 3 is 2.90 bits per heavy atom. The van der Waals surface area contributed by atoms with Crippen LogP contribution >= 0.6 is 11.3 Å². The Morgan fingerprint density at radius 2 is 2.19 bits per heavy atom. The highest BCUT2D eigenvalue weighted by Crippen LogP contribution is 2.28. The molecule has 1 saturated heterocycles. The topological polar surface area (TPSA) is 41.1 Å². The van der Waals surface area contributed by atoms with E-state index in [4.69, 9.17) is 4.98 Å². The van der Waals surface area contributed by atoms with Gasteiger partial charge >= 0.3 is 0 Å². The van der Waals surface area contributed by atoms with Gasteiger partial charge in [0.05, 0.1) is 10.7 Å². The second-order valence-electron chi connectivity index (χ2n) is 5.75. The summed E-state index contributed by atoms with van der Waals surface area (Å²) in [6.07, 6.45) is 1.18. The van der Waals surface area contributed by atoms with E-state index in [0.717, 1.165) is 36.0 Å². The zero-order valence-electron chi connectivity index (χ0n) is 12.9. The maximum Gasteiger partial charge on any atom is 0.0897 e. The summed E-state index contributed by atoms with van der Waals surface area (Å²) >= 11 is 1.73. The van der Waals surface area contributed by atoms with Crippen LogP contribution in [0.1, 0.15) is 34.4 Å². The second kappa shape index (κ2) is 6.12. The number of nitrogens with one attached hydrogen (secondary N) is 1. The van der Waals surface area contributed by atoms with E-state index in [1.165, 1.54) is 17.8 Å². The van der Waals surface area contributed by atoms with Crippen LogP contribution in [0.2, 0.25) is 0 Å². The van der Waals surface area contributed by atoms with Gasteiger partial charge in [-0.25, -0.2) is 4.98 Å². The minimum Gasteiger partial charge on any atom is -0.388 e. The summed E-state index contributed by atoms with van der Waals surface area (Å²) in [5, 5.41) is 6.55. The van der Waals surface area contributed by atoms with Crippen molar-refractivity contribution in [2.75, 3.05) is 25.5 Å². The van der Waals surface area contributed by atoms with Crippen LogP contribution in [-0.4, -0.2) is 35.0 Å². The van der Waals surface area contributed by atoms with Gasteiger partial charge in [-0.3, -0.25) is 9.88 Å². The predicted octanol–water partition coefficient (Wildman–Crippen LogP) is 3.19. The van der Waals surface area contributed by atoms with Crippen molar-refractivity contribution < 1.29 is 0 Å². The van der Waals surface area contributed by atoms with Gasteiger partial charge in [0.2, 0.25) is 0 Å². The third kappa shape index (κ3) is 3.41. The molecule has 0 spiro atoms. The number of hydrogen-bond acceptors (Lipinski definition) is 5. The number of anilines is 1. The van der Waals surface area contributed by atoms with Gasteiger partial charge < -0.3 is 5.32 Å². The van der Waals surface area contributed by atoms with E-state index in [1.54, 1.807) is 11.3 Å². The van der Waals surface area contributed by atoms with Gasteiger partial charge in [-0.15, -0.1) is 11.3 Å². The van der Waals surface area contributed by atoms with Gasteiger partial charge in [0.25, 0.3) is 0 Å². The molecule has 0 radical (unpaired) electrons. The molecule has 1 aliphatic heterocycles. The van der Waals surface area contributed by atoms with Crippen molar-refractivity contribution in [1.29, 1.82) is 0 Å². The fourth-order valence-corrected chi connectivity index (χ4v) is 3.58. The summed E-state index contributed by atoms with van der Waals surface area (Å²) in [4.78, 5) is 11.8. The van der Waals surface area contributed by atoms with Crippen LogP contribution < -0.4 is 5.32 Å². The Labute approximate surface area is 130 Å². The average molecular weight is 302 g/mol. The van der Waals surface area contributed by atoms with E-state index in [1.807, 2.05) is 7.05 Å². The number of aromatic nitrogens is 2. The number of rotatable bonds is 4. The number of likely N-dealkylation sites (tertiary alicyclic amines) is 1. The molecule has 21 heavy (non-hydrogen) atoms. The lowest BCUT2D eigenvalue weighted by molar-refractivity contribution is 0.323. The summed E-state index contributed by atoms with van der Waals surface area (Å²) in [6, 6.07) is 4.28. The summed E-state index contributed by atoms with van der Waals surface area (Å²) in [5.41, 5.74) is 4.67. The molecule has 3 rings (SSSR count). The predicted molar refractivity (Wildman–Crippen MR) is 88.0 cm³/mol. The van der Waals surface area contributed by atoms with Gasteiger partial charge in [0.1, 0.15) is 0 Å². The Morgan fingerprint density at radius 1 is 1.33 bits per heavy atom. The summed E-state index contributed by atoms with van der Waals surface area (Å²) in [7, 11) is 1.96. The molecule has 0 saturated carbocycles. The van der Waals surface area contributed by atoms with Gasteiger partial charge in [-0.2, -0.15) is 0 Å². The fourth-order valence-electron chi connectivity index (χ4n) is 2.98. The summed E-state index contributed by atoms with van der Waals surface area (Å²) < 4.78 is 0. The van der Waals surface area contributed by atoms with Crippen molar-refractivity contribution in [3.8, 4) is 0 Å². The Bertz CT molecular complexity index is 622. The first kappa shape index (κ1) is 14.5. The first-order chi connectivity index (χ1) is 10.1. The number of pyridine rings is 1. The highest BCUT2D eigenvalue weighted by Gasteiger charge is 2.25. The fraction of sp³-hybridized carbons (Fsp3) is 0.500. The Hall–Kier alpha value is -1.46. The first-order valence-corrected chi connectivity index (χ1v) is 8.31. The molecule has 0 amide bonds.